The Bertz CT molecular complexity index is 1340. The SMILES string of the molecule is CC#Cc1cc2c(ccc3c2ccc2c4cc(C#CC)sc4ccc23)s1. The minimum atomic E-state index is 1.13. The van der Waals surface area contributed by atoms with Gasteiger partial charge in [-0.25, -0.2) is 0 Å². The fourth-order valence-electron chi connectivity index (χ4n) is 3.63. The van der Waals surface area contributed by atoms with Crippen LogP contribution in [0.2, 0.25) is 0 Å². The Morgan fingerprint density at radius 2 is 0.923 bits per heavy atom. The molecule has 0 saturated heterocycles. The Morgan fingerprint density at radius 3 is 1.35 bits per heavy atom. The van der Waals surface area contributed by atoms with Crippen LogP contribution in [0.1, 0.15) is 23.6 Å². The molecule has 2 heterocycles. The monoisotopic (exact) mass is 366 g/mol. The minimum absolute atomic E-state index is 1.13. The van der Waals surface area contributed by atoms with Crippen molar-refractivity contribution < 1.29 is 0 Å². The van der Waals surface area contributed by atoms with Gasteiger partial charge in [-0.3, -0.25) is 0 Å². The molecule has 0 aliphatic carbocycles. The molecule has 0 aliphatic rings. The maximum absolute atomic E-state index is 3.19. The molecule has 0 saturated carbocycles. The predicted octanol–water partition coefficient (Wildman–Crippen LogP) is 7.17. The molecule has 5 aromatic rings. The van der Waals surface area contributed by atoms with Gasteiger partial charge in [0.15, 0.2) is 0 Å². The molecule has 0 amide bonds. The lowest BCUT2D eigenvalue weighted by Gasteiger charge is -2.06. The van der Waals surface area contributed by atoms with Gasteiger partial charge in [-0.2, -0.15) is 0 Å². The molecule has 0 spiro atoms. The molecule has 0 aliphatic heterocycles. The lowest BCUT2D eigenvalue weighted by molar-refractivity contribution is 1.86. The number of hydrogen-bond donors (Lipinski definition) is 0. The van der Waals surface area contributed by atoms with E-state index in [1.165, 1.54) is 41.7 Å². The van der Waals surface area contributed by atoms with Crippen LogP contribution < -0.4 is 0 Å². The number of fused-ring (bicyclic) bond motifs is 7. The highest BCUT2D eigenvalue weighted by molar-refractivity contribution is 7.20. The average molecular weight is 367 g/mol. The maximum Gasteiger partial charge on any atom is 0.0781 e. The zero-order valence-electron chi connectivity index (χ0n) is 14.4. The van der Waals surface area contributed by atoms with Gasteiger partial charge in [-0.1, -0.05) is 36.1 Å². The first-order chi connectivity index (χ1) is 12.8. The molecular weight excluding hydrogens is 352 g/mol. The van der Waals surface area contributed by atoms with Crippen molar-refractivity contribution in [1.82, 2.24) is 0 Å². The summed E-state index contributed by atoms with van der Waals surface area (Å²) >= 11 is 3.53. The van der Waals surface area contributed by atoms with Crippen LogP contribution in [0.25, 0.3) is 41.7 Å². The Labute approximate surface area is 160 Å². The number of hydrogen-bond acceptors (Lipinski definition) is 2. The lowest BCUT2D eigenvalue weighted by atomic mass is 9.98. The van der Waals surface area contributed by atoms with Gasteiger partial charge < -0.3 is 0 Å². The van der Waals surface area contributed by atoms with E-state index < -0.39 is 0 Å². The van der Waals surface area contributed by atoms with Crippen LogP contribution in [0.5, 0.6) is 0 Å². The van der Waals surface area contributed by atoms with Gasteiger partial charge in [0.1, 0.15) is 0 Å². The first-order valence-corrected chi connectivity index (χ1v) is 10.1. The normalized spacial score (nSPS) is 10.8. The Kier molecular flexibility index (Phi) is 3.50. The van der Waals surface area contributed by atoms with Crippen molar-refractivity contribution >= 4 is 64.4 Å². The third kappa shape index (κ3) is 2.24. The van der Waals surface area contributed by atoms with Crippen molar-refractivity contribution in [3.05, 3.63) is 58.3 Å². The summed E-state index contributed by atoms with van der Waals surface area (Å²) in [4.78, 5) is 2.26. The molecular formula is C24H14S2. The van der Waals surface area contributed by atoms with E-state index in [0.29, 0.717) is 0 Å². The summed E-state index contributed by atoms with van der Waals surface area (Å²) in [6.45, 7) is 3.78. The third-order valence-electron chi connectivity index (χ3n) is 4.69. The van der Waals surface area contributed by atoms with E-state index in [9.17, 15) is 0 Å². The fraction of sp³-hybridized carbons (Fsp3) is 0.0833. The molecule has 3 aromatic carbocycles. The highest BCUT2D eigenvalue weighted by Crippen LogP contribution is 2.38. The van der Waals surface area contributed by atoms with E-state index >= 15 is 0 Å². The molecule has 2 aromatic heterocycles. The minimum Gasteiger partial charge on any atom is -0.127 e. The van der Waals surface area contributed by atoms with E-state index in [1.54, 1.807) is 22.7 Å². The molecule has 122 valence electrons. The number of benzene rings is 3. The molecule has 0 N–H and O–H groups in total. The van der Waals surface area contributed by atoms with Crippen molar-refractivity contribution in [1.29, 1.82) is 0 Å². The fourth-order valence-corrected chi connectivity index (χ4v) is 5.60. The van der Waals surface area contributed by atoms with E-state index in [-0.39, 0.29) is 0 Å². The van der Waals surface area contributed by atoms with Gasteiger partial charge in [0, 0.05) is 20.2 Å². The largest absolute Gasteiger partial charge is 0.127 e. The molecule has 2 heteroatoms. The summed E-state index contributed by atoms with van der Waals surface area (Å²) in [7, 11) is 0. The Hall–Kier alpha value is -2.78. The van der Waals surface area contributed by atoms with Crippen LogP contribution in [0.15, 0.2) is 48.5 Å². The molecule has 0 bridgehead atoms. The van der Waals surface area contributed by atoms with Crippen molar-refractivity contribution in [2.24, 2.45) is 0 Å². The summed E-state index contributed by atoms with van der Waals surface area (Å²) in [5.74, 6) is 12.4. The smallest absolute Gasteiger partial charge is 0.0781 e. The van der Waals surface area contributed by atoms with E-state index in [0.717, 1.165) is 9.75 Å². The van der Waals surface area contributed by atoms with Gasteiger partial charge in [-0.05, 0) is 59.7 Å². The van der Waals surface area contributed by atoms with Gasteiger partial charge in [0.25, 0.3) is 0 Å². The zero-order chi connectivity index (χ0) is 17.7. The third-order valence-corrected chi connectivity index (χ3v) is 6.72. The summed E-state index contributed by atoms with van der Waals surface area (Å²) in [6.07, 6.45) is 0. The average Bonchev–Trinajstić information content (AvgIpc) is 3.24. The van der Waals surface area contributed by atoms with Gasteiger partial charge in [-0.15, -0.1) is 34.5 Å². The highest BCUT2D eigenvalue weighted by atomic mass is 32.1. The van der Waals surface area contributed by atoms with Crippen LogP contribution >= 0.6 is 22.7 Å². The summed E-state index contributed by atoms with van der Waals surface area (Å²) in [5, 5.41) is 7.82. The molecule has 0 unspecified atom stereocenters. The van der Waals surface area contributed by atoms with Crippen LogP contribution in [-0.2, 0) is 0 Å². The summed E-state index contributed by atoms with van der Waals surface area (Å²) in [6, 6.07) is 17.9. The van der Waals surface area contributed by atoms with Crippen molar-refractivity contribution in [3.8, 4) is 23.7 Å². The second-order valence-electron chi connectivity index (χ2n) is 6.18. The number of rotatable bonds is 0. The lowest BCUT2D eigenvalue weighted by Crippen LogP contribution is -1.79. The standard InChI is InChI=1S/C24H14S2/c1-3-5-15-13-21-19-7-8-20-18(17(19)9-11-23(21)25-15)10-12-24-22(20)14-16(26-24)6-4-2/h7-14H,1-2H3. The molecule has 26 heavy (non-hydrogen) atoms. The Balaban J connectivity index is 1.88. The number of thiophene rings is 2. The first-order valence-electron chi connectivity index (χ1n) is 8.45. The maximum atomic E-state index is 3.19. The van der Waals surface area contributed by atoms with Crippen LogP contribution in [0.4, 0.5) is 0 Å². The molecule has 0 radical (unpaired) electrons. The summed E-state index contributed by atoms with van der Waals surface area (Å²) < 4.78 is 2.60. The molecule has 5 rings (SSSR count). The van der Waals surface area contributed by atoms with Gasteiger partial charge in [0.05, 0.1) is 9.75 Å². The van der Waals surface area contributed by atoms with E-state index in [1.807, 2.05) is 13.8 Å². The quantitative estimate of drug-likeness (QED) is 0.201. The van der Waals surface area contributed by atoms with Crippen molar-refractivity contribution in [2.75, 3.05) is 0 Å². The molecule has 0 nitrogen and oxygen atoms in total. The Morgan fingerprint density at radius 1 is 0.538 bits per heavy atom. The van der Waals surface area contributed by atoms with Crippen LogP contribution in [-0.4, -0.2) is 0 Å². The van der Waals surface area contributed by atoms with E-state index in [4.69, 9.17) is 0 Å². The molecule has 0 atom stereocenters. The van der Waals surface area contributed by atoms with Gasteiger partial charge >= 0.3 is 0 Å². The highest BCUT2D eigenvalue weighted by Gasteiger charge is 2.10. The van der Waals surface area contributed by atoms with Crippen LogP contribution in [0.3, 0.4) is 0 Å². The van der Waals surface area contributed by atoms with Gasteiger partial charge in [0.2, 0.25) is 0 Å². The topological polar surface area (TPSA) is 0 Å². The summed E-state index contributed by atoms with van der Waals surface area (Å²) in [5.41, 5.74) is 0. The molecule has 0 fully saturated rings. The van der Waals surface area contributed by atoms with Crippen molar-refractivity contribution in [3.63, 3.8) is 0 Å². The second kappa shape index (κ2) is 5.89. The zero-order valence-corrected chi connectivity index (χ0v) is 16.1. The van der Waals surface area contributed by atoms with Crippen LogP contribution in [0, 0.1) is 23.7 Å². The van der Waals surface area contributed by atoms with E-state index in [2.05, 4.69) is 72.2 Å². The first kappa shape index (κ1) is 15.5. The predicted molar refractivity (Wildman–Crippen MR) is 117 cm³/mol. The van der Waals surface area contributed by atoms with Crippen molar-refractivity contribution in [2.45, 2.75) is 13.8 Å². The second-order valence-corrected chi connectivity index (χ2v) is 8.35.